The van der Waals surface area contributed by atoms with Gasteiger partial charge in [-0.3, -0.25) is 0 Å². The maximum atomic E-state index is 11.8. The fourth-order valence-electron chi connectivity index (χ4n) is 1.78. The second kappa shape index (κ2) is 7.07. The van der Waals surface area contributed by atoms with Gasteiger partial charge in [0.15, 0.2) is 0 Å². The second-order valence-corrected chi connectivity index (χ2v) is 7.20. The van der Waals surface area contributed by atoms with Crippen molar-refractivity contribution in [3.8, 4) is 5.88 Å². The van der Waals surface area contributed by atoms with E-state index in [1.54, 1.807) is 24.3 Å². The van der Waals surface area contributed by atoms with Crippen molar-refractivity contribution in [3.05, 3.63) is 34.6 Å². The number of halogens is 1. The van der Waals surface area contributed by atoms with Gasteiger partial charge in [-0.1, -0.05) is 11.6 Å². The molecule has 5 nitrogen and oxygen atoms in total. The summed E-state index contributed by atoms with van der Waals surface area (Å²) in [5.74, 6) is 0.409. The first kappa shape index (κ1) is 16.7. The summed E-state index contributed by atoms with van der Waals surface area (Å²) in [6.45, 7) is 5.59. The minimum absolute atomic E-state index is 0.0201. The van der Waals surface area contributed by atoms with Crippen molar-refractivity contribution in [1.82, 2.24) is 14.7 Å². The monoisotopic (exact) mass is 339 g/mol. The Kier molecular flexibility index (Phi) is 5.37. The highest BCUT2D eigenvalue weighted by atomic mass is 35.5. The molecule has 0 fully saturated rings. The first-order valence-corrected chi connectivity index (χ1v) is 8.36. The summed E-state index contributed by atoms with van der Waals surface area (Å²) in [6, 6.07) is 5.29. The lowest BCUT2D eigenvalue weighted by Crippen LogP contribution is -2.22. The zero-order chi connectivity index (χ0) is 16.3. The molecule has 1 aromatic heterocycles. The van der Waals surface area contributed by atoms with Crippen LogP contribution in [0.4, 0.5) is 0 Å². The third-order valence-electron chi connectivity index (χ3n) is 2.86. The van der Waals surface area contributed by atoms with Crippen LogP contribution < -0.4 is 9.46 Å². The van der Waals surface area contributed by atoms with Crippen molar-refractivity contribution in [3.63, 3.8) is 0 Å². The molecule has 22 heavy (non-hydrogen) atoms. The number of rotatable bonds is 5. The zero-order valence-electron chi connectivity index (χ0n) is 12.9. The van der Waals surface area contributed by atoms with Crippen molar-refractivity contribution in [2.24, 2.45) is 0 Å². The SMILES string of the molecule is COc1nc2ccc(Cl)cc2nc1/C=C(\C)NS(=O)C(C)C. The summed E-state index contributed by atoms with van der Waals surface area (Å²) >= 11 is 5.99. The molecule has 118 valence electrons. The number of benzene rings is 1. The van der Waals surface area contributed by atoms with E-state index in [1.165, 1.54) is 7.11 Å². The molecule has 1 N–H and O–H groups in total. The number of nitrogens with zero attached hydrogens (tertiary/aromatic N) is 2. The fraction of sp³-hybridized carbons (Fsp3) is 0.333. The van der Waals surface area contributed by atoms with Gasteiger partial charge in [0.05, 0.1) is 18.1 Å². The lowest BCUT2D eigenvalue weighted by molar-refractivity contribution is 0.396. The lowest BCUT2D eigenvalue weighted by atomic mass is 10.2. The van der Waals surface area contributed by atoms with Crippen LogP contribution in [0, 0.1) is 0 Å². The van der Waals surface area contributed by atoms with E-state index in [0.717, 1.165) is 5.70 Å². The third kappa shape index (κ3) is 3.96. The molecule has 7 heteroatoms. The molecular weight excluding hydrogens is 322 g/mol. The average Bonchev–Trinajstić information content (AvgIpc) is 2.46. The van der Waals surface area contributed by atoms with Gasteiger partial charge < -0.3 is 9.46 Å². The number of hydrogen-bond donors (Lipinski definition) is 1. The van der Waals surface area contributed by atoms with Crippen molar-refractivity contribution in [1.29, 1.82) is 0 Å². The molecule has 1 atom stereocenters. The number of aromatic nitrogens is 2. The van der Waals surface area contributed by atoms with Crippen LogP contribution in [0.15, 0.2) is 23.9 Å². The zero-order valence-corrected chi connectivity index (χ0v) is 14.5. The number of allylic oxidation sites excluding steroid dienone is 1. The number of methoxy groups -OCH3 is 1. The van der Waals surface area contributed by atoms with Gasteiger partial charge in [-0.05, 0) is 45.0 Å². The number of ether oxygens (including phenoxy) is 1. The Bertz CT molecular complexity index is 747. The van der Waals surface area contributed by atoms with Gasteiger partial charge in [-0.15, -0.1) is 0 Å². The summed E-state index contributed by atoms with van der Waals surface area (Å²) in [5, 5.41) is 0.615. The fourth-order valence-corrected chi connectivity index (χ4v) is 2.56. The van der Waals surface area contributed by atoms with Crippen molar-refractivity contribution in [2.75, 3.05) is 7.11 Å². The molecule has 1 unspecified atom stereocenters. The van der Waals surface area contributed by atoms with Crippen LogP contribution in [-0.2, 0) is 11.0 Å². The van der Waals surface area contributed by atoms with Gasteiger partial charge >= 0.3 is 0 Å². The Morgan fingerprint density at radius 2 is 2.09 bits per heavy atom. The van der Waals surface area contributed by atoms with Gasteiger partial charge in [0.2, 0.25) is 5.88 Å². The van der Waals surface area contributed by atoms with Crippen LogP contribution in [0.1, 0.15) is 26.5 Å². The highest BCUT2D eigenvalue weighted by Crippen LogP contribution is 2.23. The molecular formula is C15H18ClN3O2S. The molecule has 2 rings (SSSR count). The molecule has 0 aliphatic heterocycles. The summed E-state index contributed by atoms with van der Waals surface area (Å²) < 4.78 is 20.0. The Morgan fingerprint density at radius 3 is 2.73 bits per heavy atom. The van der Waals surface area contributed by atoms with E-state index in [9.17, 15) is 4.21 Å². The predicted molar refractivity (Wildman–Crippen MR) is 91.2 cm³/mol. The van der Waals surface area contributed by atoms with E-state index in [-0.39, 0.29) is 5.25 Å². The van der Waals surface area contributed by atoms with Crippen LogP contribution >= 0.6 is 11.6 Å². The number of hydrogen-bond acceptors (Lipinski definition) is 4. The Morgan fingerprint density at radius 1 is 1.36 bits per heavy atom. The molecule has 0 aliphatic rings. The van der Waals surface area contributed by atoms with E-state index >= 15 is 0 Å². The van der Waals surface area contributed by atoms with Gasteiger partial charge in [0, 0.05) is 16.0 Å². The maximum Gasteiger partial charge on any atom is 0.240 e. The highest BCUT2D eigenvalue weighted by molar-refractivity contribution is 7.83. The van der Waals surface area contributed by atoms with Crippen molar-refractivity contribution >= 4 is 39.7 Å². The van der Waals surface area contributed by atoms with E-state index < -0.39 is 11.0 Å². The molecule has 0 radical (unpaired) electrons. The third-order valence-corrected chi connectivity index (χ3v) is 4.47. The van der Waals surface area contributed by atoms with Crippen LogP contribution in [0.2, 0.25) is 5.02 Å². The van der Waals surface area contributed by atoms with Crippen LogP contribution in [0.3, 0.4) is 0 Å². The predicted octanol–water partition coefficient (Wildman–Crippen LogP) is 3.31. The normalized spacial score (nSPS) is 13.5. The maximum absolute atomic E-state index is 11.8. The lowest BCUT2D eigenvalue weighted by Gasteiger charge is -2.10. The number of nitrogens with one attached hydrogen (secondary N) is 1. The second-order valence-electron chi connectivity index (χ2n) is 5.03. The minimum Gasteiger partial charge on any atom is -0.479 e. The summed E-state index contributed by atoms with van der Waals surface area (Å²) in [7, 11) is 0.397. The summed E-state index contributed by atoms with van der Waals surface area (Å²) in [6.07, 6.45) is 1.76. The first-order valence-electron chi connectivity index (χ1n) is 6.77. The van der Waals surface area contributed by atoms with Crippen molar-refractivity contribution in [2.45, 2.75) is 26.0 Å². The molecule has 0 saturated carbocycles. The molecule has 0 amide bonds. The molecule has 0 aliphatic carbocycles. The van der Waals surface area contributed by atoms with Crippen LogP contribution in [0.5, 0.6) is 5.88 Å². The molecule has 1 aromatic carbocycles. The minimum atomic E-state index is -1.14. The smallest absolute Gasteiger partial charge is 0.240 e. The molecule has 1 heterocycles. The van der Waals surface area contributed by atoms with Crippen molar-refractivity contribution < 1.29 is 8.95 Å². The van der Waals surface area contributed by atoms with Gasteiger partial charge in [0.25, 0.3) is 0 Å². The van der Waals surface area contributed by atoms with Gasteiger partial charge in [-0.2, -0.15) is 0 Å². The van der Waals surface area contributed by atoms with Gasteiger partial charge in [0.1, 0.15) is 16.7 Å². The largest absolute Gasteiger partial charge is 0.479 e. The molecule has 2 aromatic rings. The highest BCUT2D eigenvalue weighted by Gasteiger charge is 2.10. The topological polar surface area (TPSA) is 64.1 Å². The van der Waals surface area contributed by atoms with E-state index in [2.05, 4.69) is 14.7 Å². The average molecular weight is 340 g/mol. The quantitative estimate of drug-likeness (QED) is 0.907. The Balaban J connectivity index is 2.42. The Labute approximate surface area is 137 Å². The van der Waals surface area contributed by atoms with Crippen LogP contribution in [-0.4, -0.2) is 26.5 Å². The summed E-state index contributed by atoms with van der Waals surface area (Å²) in [5.41, 5.74) is 2.66. The van der Waals surface area contributed by atoms with E-state index in [0.29, 0.717) is 27.6 Å². The standard InChI is InChI=1S/C15H18ClN3O2S/c1-9(2)22(20)19-10(3)7-14-15(21-4)18-12-6-5-11(16)8-13(12)17-14/h5-9,19H,1-4H3/b10-7+. The summed E-state index contributed by atoms with van der Waals surface area (Å²) in [4.78, 5) is 8.92. The first-order chi connectivity index (χ1) is 10.4. The Hall–Kier alpha value is -1.66. The van der Waals surface area contributed by atoms with Gasteiger partial charge in [-0.25, -0.2) is 14.2 Å². The van der Waals surface area contributed by atoms with E-state index in [4.69, 9.17) is 16.3 Å². The van der Waals surface area contributed by atoms with Crippen LogP contribution in [0.25, 0.3) is 17.1 Å². The molecule has 0 bridgehead atoms. The number of fused-ring (bicyclic) bond motifs is 1. The molecule has 0 spiro atoms. The molecule has 0 saturated heterocycles. The van der Waals surface area contributed by atoms with E-state index in [1.807, 2.05) is 20.8 Å².